The Kier molecular flexibility index (Phi) is 5.87. The number of nitrogens with zero attached hydrogens (tertiary/aromatic N) is 3. The molecule has 1 aromatic rings. The fourth-order valence-electron chi connectivity index (χ4n) is 3.91. The molecule has 1 saturated carbocycles. The first-order valence-electron chi connectivity index (χ1n) is 9.24. The van der Waals surface area contributed by atoms with Crippen LogP contribution in [-0.2, 0) is 11.3 Å². The lowest BCUT2D eigenvalue weighted by Gasteiger charge is -2.23. The van der Waals surface area contributed by atoms with Gasteiger partial charge in [-0.05, 0) is 42.9 Å². The molecule has 2 aliphatic rings. The zero-order valence-corrected chi connectivity index (χ0v) is 14.4. The van der Waals surface area contributed by atoms with Gasteiger partial charge >= 0.3 is 0 Å². The van der Waals surface area contributed by atoms with Crippen molar-refractivity contribution in [2.75, 3.05) is 26.2 Å². The lowest BCUT2D eigenvalue weighted by Crippen LogP contribution is -2.35. The number of hydrogen-bond donors (Lipinski definition) is 0. The highest BCUT2D eigenvalue weighted by Crippen LogP contribution is 2.28. The summed E-state index contributed by atoms with van der Waals surface area (Å²) < 4.78 is 0. The van der Waals surface area contributed by atoms with Crippen LogP contribution in [0.15, 0.2) is 24.3 Å². The molecule has 128 valence electrons. The van der Waals surface area contributed by atoms with Gasteiger partial charge in [-0.3, -0.25) is 9.69 Å². The molecule has 1 aliphatic carbocycles. The van der Waals surface area contributed by atoms with Gasteiger partial charge in [-0.1, -0.05) is 25.0 Å². The van der Waals surface area contributed by atoms with E-state index in [2.05, 4.69) is 15.9 Å². The first kappa shape index (κ1) is 17.0. The van der Waals surface area contributed by atoms with Gasteiger partial charge in [0.05, 0.1) is 11.6 Å². The molecular weight excluding hydrogens is 298 g/mol. The topological polar surface area (TPSA) is 47.3 Å². The molecule has 1 aliphatic heterocycles. The summed E-state index contributed by atoms with van der Waals surface area (Å²) in [5.41, 5.74) is 1.94. The van der Waals surface area contributed by atoms with E-state index in [0.717, 1.165) is 45.6 Å². The Labute approximate surface area is 145 Å². The van der Waals surface area contributed by atoms with Crippen molar-refractivity contribution in [2.24, 2.45) is 5.92 Å². The Morgan fingerprint density at radius 2 is 1.79 bits per heavy atom. The summed E-state index contributed by atoms with van der Waals surface area (Å²) in [5.74, 6) is 0.998. The Bertz CT molecular complexity index is 584. The fraction of sp³-hybridized carbons (Fsp3) is 0.600. The molecule has 0 aromatic heterocycles. The molecule has 0 N–H and O–H groups in total. The molecule has 1 aromatic carbocycles. The number of hydrogen-bond acceptors (Lipinski definition) is 3. The molecule has 0 radical (unpaired) electrons. The van der Waals surface area contributed by atoms with E-state index in [9.17, 15) is 4.79 Å². The quantitative estimate of drug-likeness (QED) is 0.854. The third kappa shape index (κ3) is 4.58. The number of amides is 1. The standard InChI is InChI=1S/C20H27N3O/c21-15-18-6-8-19(9-7-18)16-22-10-3-11-23(13-12-22)20(24)14-17-4-1-2-5-17/h6-9,17H,1-5,10-14,16H2. The number of nitriles is 1. The largest absolute Gasteiger partial charge is 0.341 e. The monoisotopic (exact) mass is 325 g/mol. The third-order valence-corrected chi connectivity index (χ3v) is 5.37. The minimum absolute atomic E-state index is 0.363. The summed E-state index contributed by atoms with van der Waals surface area (Å²) in [7, 11) is 0. The fourth-order valence-corrected chi connectivity index (χ4v) is 3.91. The summed E-state index contributed by atoms with van der Waals surface area (Å²) in [6.07, 6.45) is 6.89. The molecule has 4 nitrogen and oxygen atoms in total. The highest BCUT2D eigenvalue weighted by molar-refractivity contribution is 5.76. The van der Waals surface area contributed by atoms with Gasteiger partial charge in [-0.15, -0.1) is 0 Å². The maximum Gasteiger partial charge on any atom is 0.222 e. The number of carbonyl (C=O) groups excluding carboxylic acids is 1. The maximum atomic E-state index is 12.5. The Hall–Kier alpha value is -1.86. The summed E-state index contributed by atoms with van der Waals surface area (Å²) in [5, 5.41) is 8.87. The van der Waals surface area contributed by atoms with E-state index < -0.39 is 0 Å². The predicted octanol–water partition coefficient (Wildman–Crippen LogP) is 3.17. The number of rotatable bonds is 4. The van der Waals surface area contributed by atoms with Crippen LogP contribution in [0.3, 0.4) is 0 Å². The average molecular weight is 325 g/mol. The van der Waals surface area contributed by atoms with Crippen molar-refractivity contribution in [3.05, 3.63) is 35.4 Å². The van der Waals surface area contributed by atoms with E-state index in [1.807, 2.05) is 24.3 Å². The van der Waals surface area contributed by atoms with Gasteiger partial charge in [0.25, 0.3) is 0 Å². The Morgan fingerprint density at radius 3 is 2.50 bits per heavy atom. The molecule has 0 atom stereocenters. The average Bonchev–Trinajstić information content (AvgIpc) is 3.00. The van der Waals surface area contributed by atoms with Crippen molar-refractivity contribution in [2.45, 2.75) is 45.1 Å². The van der Waals surface area contributed by atoms with Gasteiger partial charge in [0.15, 0.2) is 0 Å². The SMILES string of the molecule is N#Cc1ccc(CN2CCCN(C(=O)CC3CCCC3)CC2)cc1. The molecule has 1 amide bonds. The molecule has 0 unspecified atom stereocenters. The highest BCUT2D eigenvalue weighted by Gasteiger charge is 2.23. The van der Waals surface area contributed by atoms with Gasteiger partial charge in [0, 0.05) is 39.1 Å². The van der Waals surface area contributed by atoms with Crippen LogP contribution in [0, 0.1) is 17.2 Å². The van der Waals surface area contributed by atoms with Crippen LogP contribution in [0.5, 0.6) is 0 Å². The van der Waals surface area contributed by atoms with Crippen LogP contribution in [0.1, 0.15) is 49.7 Å². The third-order valence-electron chi connectivity index (χ3n) is 5.37. The summed E-state index contributed by atoms with van der Waals surface area (Å²) in [4.78, 5) is 17.0. The second-order valence-corrected chi connectivity index (χ2v) is 7.17. The minimum atomic E-state index is 0.363. The van der Waals surface area contributed by atoms with E-state index in [0.29, 0.717) is 17.4 Å². The van der Waals surface area contributed by atoms with Gasteiger partial charge in [-0.2, -0.15) is 5.26 Å². The highest BCUT2D eigenvalue weighted by atomic mass is 16.2. The lowest BCUT2D eigenvalue weighted by molar-refractivity contribution is -0.132. The van der Waals surface area contributed by atoms with Crippen molar-refractivity contribution in [3.63, 3.8) is 0 Å². The van der Waals surface area contributed by atoms with Crippen LogP contribution in [0.25, 0.3) is 0 Å². The molecule has 2 fully saturated rings. The Morgan fingerprint density at radius 1 is 1.04 bits per heavy atom. The molecular formula is C20H27N3O. The second kappa shape index (κ2) is 8.30. The number of carbonyl (C=O) groups is 1. The summed E-state index contributed by atoms with van der Waals surface area (Å²) in [6, 6.07) is 9.99. The van der Waals surface area contributed by atoms with Crippen LogP contribution < -0.4 is 0 Å². The van der Waals surface area contributed by atoms with Crippen LogP contribution in [0.2, 0.25) is 0 Å². The number of benzene rings is 1. The maximum absolute atomic E-state index is 12.5. The van der Waals surface area contributed by atoms with Crippen molar-refractivity contribution in [1.82, 2.24) is 9.80 Å². The summed E-state index contributed by atoms with van der Waals surface area (Å²) >= 11 is 0. The van der Waals surface area contributed by atoms with Gasteiger partial charge in [0.2, 0.25) is 5.91 Å². The molecule has 24 heavy (non-hydrogen) atoms. The molecule has 1 saturated heterocycles. The van der Waals surface area contributed by atoms with Gasteiger partial charge < -0.3 is 4.90 Å². The van der Waals surface area contributed by atoms with Crippen LogP contribution >= 0.6 is 0 Å². The van der Waals surface area contributed by atoms with Crippen molar-refractivity contribution in [3.8, 4) is 6.07 Å². The summed E-state index contributed by atoms with van der Waals surface area (Å²) in [6.45, 7) is 4.62. The van der Waals surface area contributed by atoms with Gasteiger partial charge in [-0.25, -0.2) is 0 Å². The van der Waals surface area contributed by atoms with Gasteiger partial charge in [0.1, 0.15) is 0 Å². The van der Waals surface area contributed by atoms with E-state index in [1.165, 1.54) is 31.2 Å². The van der Waals surface area contributed by atoms with E-state index in [1.54, 1.807) is 0 Å². The first-order valence-corrected chi connectivity index (χ1v) is 9.24. The predicted molar refractivity (Wildman–Crippen MR) is 94.2 cm³/mol. The molecule has 0 bridgehead atoms. The van der Waals surface area contributed by atoms with E-state index in [-0.39, 0.29) is 0 Å². The van der Waals surface area contributed by atoms with Crippen LogP contribution in [-0.4, -0.2) is 41.9 Å². The first-order chi connectivity index (χ1) is 11.7. The minimum Gasteiger partial charge on any atom is -0.341 e. The lowest BCUT2D eigenvalue weighted by atomic mass is 10.0. The Balaban J connectivity index is 1.48. The molecule has 3 rings (SSSR count). The van der Waals surface area contributed by atoms with Crippen LogP contribution in [0.4, 0.5) is 0 Å². The smallest absolute Gasteiger partial charge is 0.222 e. The van der Waals surface area contributed by atoms with Crippen molar-refractivity contribution >= 4 is 5.91 Å². The molecule has 1 heterocycles. The zero-order valence-electron chi connectivity index (χ0n) is 14.4. The van der Waals surface area contributed by atoms with Crippen molar-refractivity contribution in [1.29, 1.82) is 5.26 Å². The van der Waals surface area contributed by atoms with E-state index >= 15 is 0 Å². The second-order valence-electron chi connectivity index (χ2n) is 7.17. The van der Waals surface area contributed by atoms with E-state index in [4.69, 9.17) is 5.26 Å². The normalized spacial score (nSPS) is 19.9. The molecule has 4 heteroatoms. The molecule has 0 spiro atoms. The zero-order chi connectivity index (χ0) is 16.8. The van der Waals surface area contributed by atoms with Crippen molar-refractivity contribution < 1.29 is 4.79 Å².